The van der Waals surface area contributed by atoms with Crippen LogP contribution < -0.4 is 10.1 Å². The van der Waals surface area contributed by atoms with Crippen molar-refractivity contribution >= 4 is 27.5 Å². The Bertz CT molecular complexity index is 1140. The molecule has 1 N–H and O–H groups in total. The van der Waals surface area contributed by atoms with Gasteiger partial charge in [-0.25, -0.2) is 9.67 Å². The van der Waals surface area contributed by atoms with Gasteiger partial charge in [0.2, 0.25) is 5.88 Å². The van der Waals surface area contributed by atoms with Gasteiger partial charge in [0.1, 0.15) is 11.6 Å². The Morgan fingerprint density at radius 2 is 1.90 bits per heavy atom. The third-order valence-corrected chi connectivity index (χ3v) is 4.45. The molecule has 2 aromatic carbocycles. The van der Waals surface area contributed by atoms with E-state index in [1.807, 2.05) is 18.2 Å². The number of nitrogens with one attached hydrogen (secondary N) is 1. The maximum Gasteiger partial charge on any atom is 0.255 e. The smallest absolute Gasteiger partial charge is 0.255 e. The Morgan fingerprint density at radius 1 is 1.07 bits per heavy atom. The number of nitrogens with zero attached hydrogens (tertiary/aromatic N) is 4. The number of hydrogen-bond donors (Lipinski definition) is 1. The molecular weight excluding hydrogens is 434 g/mol. The summed E-state index contributed by atoms with van der Waals surface area (Å²) >= 11 is 3.37. The fourth-order valence-electron chi connectivity index (χ4n) is 2.66. The summed E-state index contributed by atoms with van der Waals surface area (Å²) in [6.07, 6.45) is 3.48. The molecule has 0 saturated heterocycles. The first-order valence-corrected chi connectivity index (χ1v) is 9.57. The Morgan fingerprint density at radius 3 is 2.62 bits per heavy atom. The Labute approximate surface area is 175 Å². The van der Waals surface area contributed by atoms with Gasteiger partial charge in [-0.3, -0.25) is 4.79 Å². The Kier molecular flexibility index (Phi) is 5.35. The number of amides is 1. The molecule has 2 aromatic heterocycles. The molecule has 0 saturated carbocycles. The molecule has 0 radical (unpaired) electrons. The van der Waals surface area contributed by atoms with E-state index in [1.165, 1.54) is 0 Å². The van der Waals surface area contributed by atoms with Gasteiger partial charge in [0.25, 0.3) is 5.91 Å². The van der Waals surface area contributed by atoms with E-state index in [0.717, 1.165) is 4.47 Å². The van der Waals surface area contributed by atoms with Crippen molar-refractivity contribution in [1.82, 2.24) is 19.7 Å². The SMILES string of the molecule is Cc1nc(Oc2ccc(NC(=O)c3cccc(Br)c3)cc2)cc(-n2cccn2)n1. The third kappa shape index (κ3) is 4.67. The zero-order chi connectivity index (χ0) is 20.2. The molecule has 144 valence electrons. The topological polar surface area (TPSA) is 81.9 Å². The van der Waals surface area contributed by atoms with E-state index in [1.54, 1.807) is 66.5 Å². The van der Waals surface area contributed by atoms with E-state index in [2.05, 4.69) is 36.3 Å². The first-order valence-electron chi connectivity index (χ1n) is 8.77. The minimum Gasteiger partial charge on any atom is -0.439 e. The van der Waals surface area contributed by atoms with E-state index >= 15 is 0 Å². The van der Waals surface area contributed by atoms with Crippen LogP contribution in [0.2, 0.25) is 0 Å². The lowest BCUT2D eigenvalue weighted by Gasteiger charge is -2.09. The van der Waals surface area contributed by atoms with Crippen LogP contribution in [-0.4, -0.2) is 25.7 Å². The van der Waals surface area contributed by atoms with E-state index < -0.39 is 0 Å². The first-order chi connectivity index (χ1) is 14.1. The van der Waals surface area contributed by atoms with E-state index in [-0.39, 0.29) is 5.91 Å². The monoisotopic (exact) mass is 449 g/mol. The summed E-state index contributed by atoms with van der Waals surface area (Å²) in [4.78, 5) is 21.0. The Balaban J connectivity index is 1.47. The minimum absolute atomic E-state index is 0.185. The number of carbonyl (C=O) groups is 1. The van der Waals surface area contributed by atoms with Crippen molar-refractivity contribution in [3.8, 4) is 17.4 Å². The van der Waals surface area contributed by atoms with Crippen molar-refractivity contribution in [2.45, 2.75) is 6.92 Å². The average molecular weight is 450 g/mol. The first kappa shape index (κ1) is 18.8. The molecule has 29 heavy (non-hydrogen) atoms. The molecule has 1 amide bonds. The molecule has 0 fully saturated rings. The standard InChI is InChI=1S/C21H16BrN5O2/c1-14-24-19(27-11-3-10-23-27)13-20(25-14)29-18-8-6-17(7-9-18)26-21(28)15-4-2-5-16(22)12-15/h2-13H,1H3,(H,26,28). The van der Waals surface area contributed by atoms with Gasteiger partial charge in [0.15, 0.2) is 5.82 Å². The lowest BCUT2D eigenvalue weighted by Crippen LogP contribution is -2.11. The van der Waals surface area contributed by atoms with Crippen LogP contribution in [0.3, 0.4) is 0 Å². The van der Waals surface area contributed by atoms with Crippen molar-refractivity contribution < 1.29 is 9.53 Å². The zero-order valence-corrected chi connectivity index (χ0v) is 17.0. The van der Waals surface area contributed by atoms with Gasteiger partial charge in [-0.2, -0.15) is 10.1 Å². The predicted molar refractivity (Wildman–Crippen MR) is 113 cm³/mol. The minimum atomic E-state index is -0.185. The maximum absolute atomic E-state index is 12.3. The molecule has 4 rings (SSSR count). The highest BCUT2D eigenvalue weighted by Gasteiger charge is 2.08. The lowest BCUT2D eigenvalue weighted by atomic mass is 10.2. The molecule has 0 spiro atoms. The summed E-state index contributed by atoms with van der Waals surface area (Å²) in [7, 11) is 0. The van der Waals surface area contributed by atoms with Gasteiger partial charge in [0.05, 0.1) is 0 Å². The predicted octanol–water partition coefficient (Wildman–Crippen LogP) is 4.78. The summed E-state index contributed by atoms with van der Waals surface area (Å²) in [5.41, 5.74) is 1.24. The summed E-state index contributed by atoms with van der Waals surface area (Å²) in [6.45, 7) is 1.79. The van der Waals surface area contributed by atoms with Crippen LogP contribution in [0.5, 0.6) is 11.6 Å². The van der Waals surface area contributed by atoms with Crippen LogP contribution in [0.1, 0.15) is 16.2 Å². The molecule has 0 aliphatic rings. The molecular formula is C21H16BrN5O2. The lowest BCUT2D eigenvalue weighted by molar-refractivity contribution is 0.102. The van der Waals surface area contributed by atoms with Crippen molar-refractivity contribution in [3.05, 3.63) is 88.9 Å². The van der Waals surface area contributed by atoms with Crippen LogP contribution in [-0.2, 0) is 0 Å². The van der Waals surface area contributed by atoms with Gasteiger partial charge in [-0.15, -0.1) is 0 Å². The number of rotatable bonds is 5. The van der Waals surface area contributed by atoms with E-state index in [9.17, 15) is 4.79 Å². The number of benzene rings is 2. The van der Waals surface area contributed by atoms with E-state index in [0.29, 0.717) is 34.5 Å². The number of carbonyl (C=O) groups excluding carboxylic acids is 1. The molecule has 4 aromatic rings. The van der Waals surface area contributed by atoms with Crippen LogP contribution in [0, 0.1) is 6.92 Å². The van der Waals surface area contributed by atoms with Crippen molar-refractivity contribution in [1.29, 1.82) is 0 Å². The normalized spacial score (nSPS) is 10.6. The quantitative estimate of drug-likeness (QED) is 0.474. The molecule has 0 bridgehead atoms. The maximum atomic E-state index is 12.3. The third-order valence-electron chi connectivity index (χ3n) is 3.96. The van der Waals surface area contributed by atoms with Crippen LogP contribution in [0.25, 0.3) is 5.82 Å². The highest BCUT2D eigenvalue weighted by molar-refractivity contribution is 9.10. The van der Waals surface area contributed by atoms with Gasteiger partial charge in [-0.1, -0.05) is 22.0 Å². The van der Waals surface area contributed by atoms with Crippen LogP contribution >= 0.6 is 15.9 Å². The van der Waals surface area contributed by atoms with Crippen molar-refractivity contribution in [2.24, 2.45) is 0 Å². The number of aryl methyl sites for hydroxylation is 1. The second-order valence-corrected chi connectivity index (χ2v) is 7.07. The number of anilines is 1. The molecule has 0 atom stereocenters. The van der Waals surface area contributed by atoms with Gasteiger partial charge in [0, 0.05) is 34.2 Å². The largest absolute Gasteiger partial charge is 0.439 e. The fraction of sp³-hybridized carbons (Fsp3) is 0.0476. The van der Waals surface area contributed by atoms with E-state index in [4.69, 9.17) is 4.74 Å². The molecule has 7 nitrogen and oxygen atoms in total. The number of aromatic nitrogens is 4. The molecule has 0 aliphatic heterocycles. The second-order valence-electron chi connectivity index (χ2n) is 6.15. The highest BCUT2D eigenvalue weighted by Crippen LogP contribution is 2.23. The summed E-state index contributed by atoms with van der Waals surface area (Å²) in [6, 6.07) is 17.8. The number of halogens is 1. The zero-order valence-electron chi connectivity index (χ0n) is 15.4. The molecule has 2 heterocycles. The molecule has 0 unspecified atom stereocenters. The van der Waals surface area contributed by atoms with Crippen molar-refractivity contribution in [2.75, 3.05) is 5.32 Å². The summed E-state index contributed by atoms with van der Waals surface area (Å²) < 4.78 is 8.34. The highest BCUT2D eigenvalue weighted by atomic mass is 79.9. The van der Waals surface area contributed by atoms with Gasteiger partial charge >= 0.3 is 0 Å². The number of ether oxygens (including phenoxy) is 1. The Hall–Kier alpha value is -3.52. The van der Waals surface area contributed by atoms with Crippen LogP contribution in [0.4, 0.5) is 5.69 Å². The summed E-state index contributed by atoms with van der Waals surface area (Å²) in [5.74, 6) is 2.01. The number of hydrogen-bond acceptors (Lipinski definition) is 5. The fourth-order valence-corrected chi connectivity index (χ4v) is 3.06. The van der Waals surface area contributed by atoms with Crippen LogP contribution in [0.15, 0.2) is 77.5 Å². The average Bonchev–Trinajstić information content (AvgIpc) is 3.24. The second kappa shape index (κ2) is 8.24. The molecule has 8 heteroatoms. The summed E-state index contributed by atoms with van der Waals surface area (Å²) in [5, 5.41) is 7.03. The molecule has 0 aliphatic carbocycles. The van der Waals surface area contributed by atoms with Crippen molar-refractivity contribution in [3.63, 3.8) is 0 Å². The van der Waals surface area contributed by atoms with Gasteiger partial charge in [-0.05, 0) is 55.5 Å². The van der Waals surface area contributed by atoms with Gasteiger partial charge < -0.3 is 10.1 Å².